The Labute approximate surface area is 236 Å². The molecule has 0 amide bonds. The molecule has 15 nitrogen and oxygen atoms in total. The average Bonchev–Trinajstić information content (AvgIpc) is 3.39. The van der Waals surface area contributed by atoms with Crippen molar-refractivity contribution >= 4 is 29.8 Å². The molecule has 0 aromatic carbocycles. The lowest BCUT2D eigenvalue weighted by molar-refractivity contribution is -0.140. The second kappa shape index (κ2) is 25.1. The summed E-state index contributed by atoms with van der Waals surface area (Å²) in [5.74, 6) is -3.99. The van der Waals surface area contributed by atoms with Crippen molar-refractivity contribution in [1.29, 1.82) is 0 Å². The Hall–Kier alpha value is -2.85. The molecular weight excluding hydrogens is 530 g/mol. The lowest BCUT2D eigenvalue weighted by atomic mass is 10.0. The fraction of sp³-hybridized carbons (Fsp3) is 0.800. The molecule has 0 radical (unpaired) electrons. The van der Waals surface area contributed by atoms with Gasteiger partial charge >= 0.3 is 29.8 Å². The summed E-state index contributed by atoms with van der Waals surface area (Å²) >= 11 is 0. The fourth-order valence-electron chi connectivity index (χ4n) is 2.29. The van der Waals surface area contributed by atoms with Gasteiger partial charge in [-0.1, -0.05) is 48.0 Å². The van der Waals surface area contributed by atoms with E-state index in [4.69, 9.17) is 48.5 Å². The first-order chi connectivity index (χ1) is 18.1. The van der Waals surface area contributed by atoms with Crippen molar-refractivity contribution in [1.82, 2.24) is 5.32 Å². The van der Waals surface area contributed by atoms with E-state index in [1.54, 1.807) is 13.8 Å². The first kappa shape index (κ1) is 44.2. The van der Waals surface area contributed by atoms with E-state index in [9.17, 15) is 24.0 Å². The maximum absolute atomic E-state index is 10.2. The van der Waals surface area contributed by atoms with E-state index in [2.05, 4.69) is 5.32 Å². The molecule has 0 aromatic heterocycles. The van der Waals surface area contributed by atoms with Gasteiger partial charge in [-0.25, -0.2) is 0 Å². The van der Waals surface area contributed by atoms with Gasteiger partial charge in [-0.3, -0.25) is 24.0 Å². The van der Waals surface area contributed by atoms with Gasteiger partial charge in [0, 0.05) is 0 Å². The standard InChI is InChI=1S/2C6H13NO2.C5H9NO2.C5H11NO2.C3H7NO2/c1-4(2)3-5(7)6(8)9;1-3-4(2)5(7)6(8)9;7-5(8)4-2-1-3-6-4;1-3(2)4(6)5(7)8;1-2(4)3(5)6/h2*4-5H,3,7H2,1-2H3,(H,8,9);4,6H,1-3H2,(H,7,8);3-4H,6H2,1-2H3,(H,7,8);2H,4H2,1H3,(H,5,6)/t5-;4-,5-;2*4-;2-/m00000/s1. The highest BCUT2D eigenvalue weighted by molar-refractivity contribution is 5.74. The van der Waals surface area contributed by atoms with Crippen LogP contribution in [0.2, 0.25) is 0 Å². The third-order valence-corrected chi connectivity index (χ3v) is 5.34. The van der Waals surface area contributed by atoms with Gasteiger partial charge in [0.05, 0.1) is 0 Å². The smallest absolute Gasteiger partial charge is 0.320 e. The number of rotatable bonds is 10. The van der Waals surface area contributed by atoms with Crippen LogP contribution in [0.1, 0.15) is 74.1 Å². The quantitative estimate of drug-likeness (QED) is 0.164. The molecule has 0 spiro atoms. The Morgan fingerprint density at radius 1 is 0.750 bits per heavy atom. The van der Waals surface area contributed by atoms with Crippen LogP contribution in [0.5, 0.6) is 0 Å². The van der Waals surface area contributed by atoms with Gasteiger partial charge in [-0.05, 0) is 50.5 Å². The number of carboxylic acids is 5. The summed E-state index contributed by atoms with van der Waals surface area (Å²) < 4.78 is 0. The first-order valence-corrected chi connectivity index (χ1v) is 13.0. The molecule has 0 aliphatic carbocycles. The number of hydrogen-bond donors (Lipinski definition) is 10. The topological polar surface area (TPSA) is 303 Å². The lowest BCUT2D eigenvalue weighted by Gasteiger charge is -2.11. The summed E-state index contributed by atoms with van der Waals surface area (Å²) in [6, 6.07) is -3.10. The van der Waals surface area contributed by atoms with Crippen LogP contribution in [0.4, 0.5) is 0 Å². The van der Waals surface area contributed by atoms with Gasteiger partial charge in [0.15, 0.2) is 0 Å². The van der Waals surface area contributed by atoms with Gasteiger partial charge in [-0.15, -0.1) is 0 Å². The summed E-state index contributed by atoms with van der Waals surface area (Å²) in [7, 11) is 0. The van der Waals surface area contributed by atoms with Crippen LogP contribution in [-0.4, -0.2) is 92.1 Å². The predicted molar refractivity (Wildman–Crippen MR) is 151 cm³/mol. The van der Waals surface area contributed by atoms with E-state index >= 15 is 0 Å². The summed E-state index contributed by atoms with van der Waals surface area (Å²) in [6.45, 7) is 13.5. The molecule has 0 unspecified atom stereocenters. The van der Waals surface area contributed by atoms with E-state index in [1.165, 1.54) is 6.92 Å². The van der Waals surface area contributed by atoms with Gasteiger partial charge in [-0.2, -0.15) is 0 Å². The minimum Gasteiger partial charge on any atom is -0.480 e. The Bertz CT molecular complexity index is 717. The third kappa shape index (κ3) is 28.2. The number of hydrogen-bond acceptors (Lipinski definition) is 10. The van der Waals surface area contributed by atoms with E-state index < -0.39 is 54.0 Å². The van der Waals surface area contributed by atoms with Gasteiger partial charge < -0.3 is 53.8 Å². The average molecular weight is 584 g/mol. The van der Waals surface area contributed by atoms with Gasteiger partial charge in [0.1, 0.15) is 30.2 Å². The zero-order valence-electron chi connectivity index (χ0n) is 24.7. The maximum atomic E-state index is 10.2. The Morgan fingerprint density at radius 3 is 1.27 bits per heavy atom. The van der Waals surface area contributed by atoms with Crippen molar-refractivity contribution in [2.45, 2.75) is 104 Å². The molecule has 1 aliphatic rings. The predicted octanol–water partition coefficient (Wildman–Crippen LogP) is 0.184. The molecule has 1 heterocycles. The number of carbonyl (C=O) groups is 5. The SMILES string of the molecule is CC(C)C[C@H](N)C(=O)O.CC(C)[C@H](N)C(=O)O.CC[C@H](C)[C@H](N)C(=O)O.C[C@H](N)C(=O)O.O=C(O)[C@@H]1CCCN1. The highest BCUT2D eigenvalue weighted by Crippen LogP contribution is 2.04. The fourth-order valence-corrected chi connectivity index (χ4v) is 2.29. The zero-order valence-corrected chi connectivity index (χ0v) is 24.7. The van der Waals surface area contributed by atoms with Crippen molar-refractivity contribution in [2.24, 2.45) is 40.7 Å². The Morgan fingerprint density at radius 2 is 1.18 bits per heavy atom. The van der Waals surface area contributed by atoms with Crippen molar-refractivity contribution in [3.63, 3.8) is 0 Å². The van der Waals surface area contributed by atoms with E-state index in [1.807, 2.05) is 27.7 Å². The van der Waals surface area contributed by atoms with Gasteiger partial charge in [0.25, 0.3) is 0 Å². The zero-order chi connectivity index (χ0) is 32.7. The Kier molecular flexibility index (Phi) is 27.8. The largest absolute Gasteiger partial charge is 0.480 e. The molecule has 0 bridgehead atoms. The van der Waals surface area contributed by atoms with Crippen molar-refractivity contribution in [3.05, 3.63) is 0 Å². The highest BCUT2D eigenvalue weighted by Gasteiger charge is 2.20. The molecule has 15 heteroatoms. The second-order valence-corrected chi connectivity index (χ2v) is 10.0. The molecule has 40 heavy (non-hydrogen) atoms. The van der Waals surface area contributed by atoms with Crippen LogP contribution in [0.3, 0.4) is 0 Å². The second-order valence-electron chi connectivity index (χ2n) is 10.0. The molecule has 238 valence electrons. The number of carboxylic acid groups (broad SMARTS) is 5. The van der Waals surface area contributed by atoms with Crippen molar-refractivity contribution < 1.29 is 49.5 Å². The molecule has 1 saturated heterocycles. The maximum Gasteiger partial charge on any atom is 0.320 e. The van der Waals surface area contributed by atoms with Gasteiger partial charge in [0.2, 0.25) is 0 Å². The number of aliphatic carboxylic acids is 5. The molecule has 1 aliphatic heterocycles. The minimum atomic E-state index is -0.963. The molecule has 0 aromatic rings. The van der Waals surface area contributed by atoms with Crippen LogP contribution in [-0.2, 0) is 24.0 Å². The van der Waals surface area contributed by atoms with Crippen LogP contribution >= 0.6 is 0 Å². The summed E-state index contributed by atoms with van der Waals surface area (Å²) in [5, 5.41) is 44.0. The molecule has 6 atom stereocenters. The van der Waals surface area contributed by atoms with Crippen LogP contribution < -0.4 is 28.3 Å². The molecule has 0 saturated carbocycles. The van der Waals surface area contributed by atoms with E-state index in [0.717, 1.165) is 25.8 Å². The molecule has 1 rings (SSSR count). The first-order valence-electron chi connectivity index (χ1n) is 13.0. The van der Waals surface area contributed by atoms with E-state index in [0.29, 0.717) is 12.3 Å². The summed E-state index contributed by atoms with van der Waals surface area (Å²) in [4.78, 5) is 50.0. The summed E-state index contributed by atoms with van der Waals surface area (Å²) in [6.07, 6.45) is 3.15. The van der Waals surface area contributed by atoms with Crippen molar-refractivity contribution in [3.8, 4) is 0 Å². The Balaban J connectivity index is -0.000000204. The van der Waals surface area contributed by atoms with Crippen LogP contribution in [0.25, 0.3) is 0 Å². The lowest BCUT2D eigenvalue weighted by Crippen LogP contribution is -2.36. The minimum absolute atomic E-state index is 0.0208. The van der Waals surface area contributed by atoms with Crippen LogP contribution in [0, 0.1) is 17.8 Å². The summed E-state index contributed by atoms with van der Waals surface area (Å²) in [5.41, 5.74) is 20.5. The van der Waals surface area contributed by atoms with Crippen molar-refractivity contribution in [2.75, 3.05) is 6.54 Å². The third-order valence-electron chi connectivity index (χ3n) is 5.34. The highest BCUT2D eigenvalue weighted by atomic mass is 16.4. The normalized spacial score (nSPS) is 17.4. The monoisotopic (exact) mass is 583 g/mol. The molecule has 14 N–H and O–H groups in total. The van der Waals surface area contributed by atoms with E-state index in [-0.39, 0.29) is 17.9 Å². The number of nitrogens with one attached hydrogen (secondary N) is 1. The number of nitrogens with two attached hydrogens (primary N) is 4. The molecular formula is C25H53N5O10. The molecule has 1 fully saturated rings. The van der Waals surface area contributed by atoms with Crippen LogP contribution in [0.15, 0.2) is 0 Å².